The molecule has 0 aromatic carbocycles. The molecule has 4 aliphatic rings. The summed E-state index contributed by atoms with van der Waals surface area (Å²) in [5.74, 6) is 0. The third kappa shape index (κ3) is 2.80. The summed E-state index contributed by atoms with van der Waals surface area (Å²) in [5.41, 5.74) is 0. The van der Waals surface area contributed by atoms with E-state index in [-0.39, 0.29) is 9.85 Å². The monoisotopic (exact) mass is 390 g/mol. The summed E-state index contributed by atoms with van der Waals surface area (Å²) in [6.07, 6.45) is 4.22. The lowest BCUT2D eigenvalue weighted by atomic mass is 9.84. The molecule has 4 rings (SSSR count). The zero-order valence-electron chi connectivity index (χ0n) is 15.7. The van der Waals surface area contributed by atoms with Crippen molar-refractivity contribution in [2.24, 2.45) is 0 Å². The molecule has 4 fully saturated rings. The minimum atomic E-state index is -0.972. The molecule has 152 valence electrons. The fourth-order valence-electron chi connectivity index (χ4n) is 5.16. The van der Waals surface area contributed by atoms with Crippen LogP contribution in [0.4, 0.5) is 0 Å². The van der Waals surface area contributed by atoms with Gasteiger partial charge < -0.3 is 0 Å². The Balaban J connectivity index is 2.23. The van der Waals surface area contributed by atoms with Crippen molar-refractivity contribution in [2.45, 2.75) is 36.7 Å². The summed E-state index contributed by atoms with van der Waals surface area (Å²) in [7, 11) is 0. The van der Waals surface area contributed by atoms with Gasteiger partial charge in [-0.3, -0.25) is 39.8 Å². The molecule has 10 heteroatoms. The van der Waals surface area contributed by atoms with Crippen molar-refractivity contribution >= 4 is 0 Å². The van der Waals surface area contributed by atoms with Crippen LogP contribution in [0.2, 0.25) is 0 Å². The molecule has 0 N–H and O–H groups in total. The second-order valence-electron chi connectivity index (χ2n) is 7.15. The van der Waals surface area contributed by atoms with E-state index in [1.165, 1.54) is 0 Å². The Hall–Kier alpha value is -2.40. The summed E-state index contributed by atoms with van der Waals surface area (Å²) in [4.78, 5) is 31.1. The van der Waals surface area contributed by atoms with Crippen LogP contribution in [0.1, 0.15) is 0 Å². The molecule has 28 heavy (non-hydrogen) atoms. The average molecular weight is 390 g/mol. The van der Waals surface area contributed by atoms with E-state index >= 15 is 0 Å². The van der Waals surface area contributed by atoms with Gasteiger partial charge in [0.15, 0.2) is 0 Å². The lowest BCUT2D eigenvalue weighted by molar-refractivity contribution is -0.617. The van der Waals surface area contributed by atoms with Crippen molar-refractivity contribution in [1.29, 1.82) is 0 Å². The highest BCUT2D eigenvalue weighted by atomic mass is 16.6. The van der Waals surface area contributed by atoms with E-state index in [0.717, 1.165) is 0 Å². The molecule has 4 aliphatic heterocycles. The van der Waals surface area contributed by atoms with Gasteiger partial charge in [0, 0.05) is 36.0 Å². The average Bonchev–Trinajstić information content (AvgIpc) is 2.63. The maximum atomic E-state index is 12.2. The first-order valence-electron chi connectivity index (χ1n) is 9.18. The van der Waals surface area contributed by atoms with E-state index in [2.05, 4.69) is 26.3 Å². The fourth-order valence-corrected chi connectivity index (χ4v) is 5.16. The summed E-state index contributed by atoms with van der Waals surface area (Å²) in [5, 5.41) is 24.3. The van der Waals surface area contributed by atoms with Crippen molar-refractivity contribution in [1.82, 2.24) is 19.6 Å². The van der Waals surface area contributed by atoms with Gasteiger partial charge in [-0.05, 0) is 0 Å². The van der Waals surface area contributed by atoms with Gasteiger partial charge in [-0.2, -0.15) is 0 Å². The summed E-state index contributed by atoms with van der Waals surface area (Å²) in [6.45, 7) is 16.3. The van der Waals surface area contributed by atoms with Gasteiger partial charge in [0.1, 0.15) is 24.7 Å². The van der Waals surface area contributed by atoms with Crippen LogP contribution < -0.4 is 0 Å². The van der Waals surface area contributed by atoms with Crippen LogP contribution in [-0.2, 0) is 0 Å². The Bertz CT molecular complexity index is 582. The predicted molar refractivity (Wildman–Crippen MR) is 104 cm³/mol. The number of nitrogens with zero attached hydrogens (tertiary/aromatic N) is 6. The van der Waals surface area contributed by atoms with Crippen LogP contribution in [0, 0.1) is 20.2 Å². The first-order valence-corrected chi connectivity index (χ1v) is 9.18. The highest BCUT2D eigenvalue weighted by Crippen LogP contribution is 2.46. The first-order chi connectivity index (χ1) is 13.4. The second kappa shape index (κ2) is 7.92. The van der Waals surface area contributed by atoms with Crippen molar-refractivity contribution < 1.29 is 9.85 Å². The number of nitro groups is 2. The topological polar surface area (TPSA) is 99.2 Å². The zero-order chi connectivity index (χ0) is 20.6. The van der Waals surface area contributed by atoms with Crippen LogP contribution in [0.25, 0.3) is 0 Å². The Labute approximate surface area is 164 Å². The molecule has 0 aromatic heterocycles. The van der Waals surface area contributed by atoms with Crippen LogP contribution in [0.3, 0.4) is 0 Å². The highest BCUT2D eigenvalue weighted by molar-refractivity contribution is 5.16. The van der Waals surface area contributed by atoms with Crippen molar-refractivity contribution in [3.05, 3.63) is 70.8 Å². The molecule has 4 heterocycles. The molecule has 0 aromatic rings. The third-order valence-corrected chi connectivity index (χ3v) is 5.79. The molecular weight excluding hydrogens is 364 g/mol. The molecule has 0 aliphatic carbocycles. The van der Waals surface area contributed by atoms with Gasteiger partial charge in [-0.15, -0.1) is 26.3 Å². The van der Waals surface area contributed by atoms with Crippen molar-refractivity contribution in [2.75, 3.05) is 26.2 Å². The quantitative estimate of drug-likeness (QED) is 0.303. The highest BCUT2D eigenvalue weighted by Gasteiger charge is 2.73. The minimum Gasteiger partial charge on any atom is -0.264 e. The lowest BCUT2D eigenvalue weighted by Crippen LogP contribution is -2.92. The van der Waals surface area contributed by atoms with Gasteiger partial charge >= 0.3 is 0 Å². The van der Waals surface area contributed by atoms with Crippen LogP contribution in [0.5, 0.6) is 0 Å². The predicted octanol–water partition coefficient (Wildman–Crippen LogP) is 0.574. The molecule has 0 unspecified atom stereocenters. The Morgan fingerprint density at radius 3 is 0.964 bits per heavy atom. The van der Waals surface area contributed by atoms with Gasteiger partial charge in [0.25, 0.3) is 12.1 Å². The Morgan fingerprint density at radius 1 is 0.607 bits per heavy atom. The van der Waals surface area contributed by atoms with Crippen LogP contribution in [0.15, 0.2) is 50.6 Å². The SMILES string of the molecule is C=CCN1C2C([N+](=O)[O-])C3N(CC=C)C1C([N+](=O)[O-])C(N2CC=C)N3CC=C. The number of rotatable bonds is 10. The smallest absolute Gasteiger partial charge is 0.264 e. The van der Waals surface area contributed by atoms with E-state index in [1.54, 1.807) is 24.3 Å². The molecule has 10 nitrogen and oxygen atoms in total. The fraction of sp³-hybridized carbons (Fsp3) is 0.556. The summed E-state index contributed by atoms with van der Waals surface area (Å²) < 4.78 is 0. The number of hydrogen-bond acceptors (Lipinski definition) is 8. The second-order valence-corrected chi connectivity index (χ2v) is 7.15. The lowest BCUT2D eigenvalue weighted by Gasteiger charge is -2.68. The van der Waals surface area contributed by atoms with E-state index in [4.69, 9.17) is 0 Å². The zero-order valence-corrected chi connectivity index (χ0v) is 15.7. The van der Waals surface area contributed by atoms with Crippen LogP contribution in [-0.4, -0.2) is 92.4 Å². The molecule has 0 saturated carbocycles. The largest absolute Gasteiger partial charge is 0.270 e. The standard InChI is InChI=1S/C18H26N6O4/c1-5-9-19-15-13(23(25)26)18-21(11-7-3)16(19)14(24(27)28)17(20(15)10-6-2)22(18)12-8-4/h5-8,13-18H,1-4,9-12H2. The summed E-state index contributed by atoms with van der Waals surface area (Å²) in [6, 6.07) is -1.94. The maximum Gasteiger partial charge on any atom is 0.270 e. The van der Waals surface area contributed by atoms with Crippen molar-refractivity contribution in [3.8, 4) is 0 Å². The van der Waals surface area contributed by atoms with E-state index < -0.39 is 36.7 Å². The normalized spacial score (nSPS) is 35.6. The van der Waals surface area contributed by atoms with Gasteiger partial charge in [0.2, 0.25) is 0 Å². The van der Waals surface area contributed by atoms with Gasteiger partial charge in [-0.1, -0.05) is 24.3 Å². The summed E-state index contributed by atoms with van der Waals surface area (Å²) >= 11 is 0. The van der Waals surface area contributed by atoms with E-state index in [9.17, 15) is 20.2 Å². The Kier molecular flexibility index (Phi) is 5.75. The van der Waals surface area contributed by atoms with Crippen molar-refractivity contribution in [3.63, 3.8) is 0 Å². The van der Waals surface area contributed by atoms with Gasteiger partial charge in [0.05, 0.1) is 0 Å². The molecule has 0 amide bonds. The Morgan fingerprint density at radius 2 is 0.821 bits per heavy atom. The minimum absolute atomic E-state index is 0.271. The van der Waals surface area contributed by atoms with Gasteiger partial charge in [-0.25, -0.2) is 0 Å². The molecule has 4 saturated heterocycles. The third-order valence-electron chi connectivity index (χ3n) is 5.79. The first kappa shape index (κ1) is 20.3. The maximum absolute atomic E-state index is 12.2. The number of hydrogen-bond donors (Lipinski definition) is 0. The van der Waals surface area contributed by atoms with Crippen LogP contribution >= 0.6 is 0 Å². The molecule has 0 spiro atoms. The van der Waals surface area contributed by atoms with E-state index in [0.29, 0.717) is 26.2 Å². The molecule has 4 bridgehead atoms. The van der Waals surface area contributed by atoms with E-state index in [1.807, 2.05) is 19.6 Å². The molecule has 0 atom stereocenters. The molecular formula is C18H26N6O4. The molecule has 0 radical (unpaired) electrons.